The summed E-state index contributed by atoms with van der Waals surface area (Å²) in [5, 5.41) is 23.6. The first-order valence-corrected chi connectivity index (χ1v) is 24.2. The molecule has 0 radical (unpaired) electrons. The Labute approximate surface area is 358 Å². The van der Waals surface area contributed by atoms with Crippen LogP contribution in [-0.4, -0.2) is 46.9 Å². The van der Waals surface area contributed by atoms with Gasteiger partial charge < -0.3 is 20.3 Å². The number of unbranched alkanes of at least 4 members (excludes halogenated alkanes) is 22. The molecule has 334 valence electrons. The number of amides is 1. The summed E-state index contributed by atoms with van der Waals surface area (Å²) in [5.74, 6) is -0.553. The summed E-state index contributed by atoms with van der Waals surface area (Å²) in [7, 11) is 0. The van der Waals surface area contributed by atoms with Crippen LogP contribution in [0.1, 0.15) is 220 Å². The second-order valence-corrected chi connectivity index (χ2v) is 16.2. The quantitative estimate of drug-likeness (QED) is 0.0324. The summed E-state index contributed by atoms with van der Waals surface area (Å²) in [6.45, 7) is 6.30. The Bertz CT molecular complexity index is 1090. The maximum Gasteiger partial charge on any atom is 0.306 e. The van der Waals surface area contributed by atoms with Crippen LogP contribution in [0.3, 0.4) is 0 Å². The van der Waals surface area contributed by atoms with Crippen molar-refractivity contribution in [2.24, 2.45) is 0 Å². The van der Waals surface area contributed by atoms with Gasteiger partial charge in [-0.2, -0.15) is 0 Å². The van der Waals surface area contributed by atoms with E-state index in [2.05, 4.69) is 80.8 Å². The van der Waals surface area contributed by atoms with Gasteiger partial charge in [0.25, 0.3) is 0 Å². The molecule has 0 aromatic heterocycles. The summed E-state index contributed by atoms with van der Waals surface area (Å²) in [6.07, 6.45) is 56.8. The van der Waals surface area contributed by atoms with E-state index in [0.29, 0.717) is 19.3 Å². The largest absolute Gasteiger partial charge is 0.462 e. The van der Waals surface area contributed by atoms with E-state index in [1.807, 2.05) is 18.2 Å². The molecule has 0 bridgehead atoms. The minimum atomic E-state index is -0.804. The molecule has 0 heterocycles. The van der Waals surface area contributed by atoms with Gasteiger partial charge in [0.15, 0.2) is 0 Å². The standard InChI is InChI=1S/C52H91NO5/c1-4-7-10-13-16-19-22-24-26-28-30-33-36-39-42-45-52(57)58-48(43-40-37-34-31-29-27-25-23-20-17-14-11-8-5-2)46-51(56)53-49(47-54)50(55)44-41-38-35-32-21-18-15-12-9-6-3/h7,10,13,16,19,22,24,26-27,29,31,34,48-50,54-55H,4-6,8-9,11-12,14-15,17-18,20-21,23,25,28,30,32-33,35-47H2,1-3H3,(H,53,56)/b10-7+,16-13+,22-19+,26-24-,29-27+,34-31+. The number of ether oxygens (including phenoxy) is 1. The van der Waals surface area contributed by atoms with Gasteiger partial charge in [0.2, 0.25) is 5.91 Å². The molecular weight excluding hydrogens is 719 g/mol. The third kappa shape index (κ3) is 40.1. The number of hydrogen-bond acceptors (Lipinski definition) is 5. The molecule has 0 saturated heterocycles. The molecule has 0 aliphatic rings. The highest BCUT2D eigenvalue weighted by molar-refractivity contribution is 5.77. The Hall–Kier alpha value is -2.70. The van der Waals surface area contributed by atoms with E-state index in [4.69, 9.17) is 4.74 Å². The van der Waals surface area contributed by atoms with Crippen molar-refractivity contribution >= 4 is 11.9 Å². The second kappa shape index (κ2) is 45.4. The normalized spacial score (nSPS) is 13.9. The molecular formula is C52H91NO5. The minimum Gasteiger partial charge on any atom is -0.462 e. The monoisotopic (exact) mass is 810 g/mol. The maximum atomic E-state index is 13.1. The number of rotatable bonds is 42. The van der Waals surface area contributed by atoms with Crippen molar-refractivity contribution < 1.29 is 24.5 Å². The average molecular weight is 810 g/mol. The van der Waals surface area contributed by atoms with Gasteiger partial charge in [-0.3, -0.25) is 9.59 Å². The fourth-order valence-corrected chi connectivity index (χ4v) is 6.97. The number of aliphatic hydroxyl groups is 2. The zero-order valence-electron chi connectivity index (χ0n) is 37.9. The van der Waals surface area contributed by atoms with Gasteiger partial charge in [0.05, 0.1) is 25.2 Å². The zero-order chi connectivity index (χ0) is 42.4. The van der Waals surface area contributed by atoms with Gasteiger partial charge in [0.1, 0.15) is 6.10 Å². The van der Waals surface area contributed by atoms with Gasteiger partial charge in [-0.15, -0.1) is 0 Å². The van der Waals surface area contributed by atoms with Crippen LogP contribution in [0.15, 0.2) is 72.9 Å². The highest BCUT2D eigenvalue weighted by atomic mass is 16.5. The molecule has 0 aromatic rings. The first kappa shape index (κ1) is 55.3. The van der Waals surface area contributed by atoms with Crippen molar-refractivity contribution in [3.8, 4) is 0 Å². The van der Waals surface area contributed by atoms with Gasteiger partial charge in [-0.1, -0.05) is 216 Å². The SMILES string of the molecule is CC/C=C/C=C/C=C/C=C\CCCCCCCC(=O)OC(CCC/C=C/C=C/CCCCCCCCC)CC(=O)NC(CO)C(O)CCCCCCCCCCCC. The molecule has 0 fully saturated rings. The van der Waals surface area contributed by atoms with Crippen LogP contribution in [0.4, 0.5) is 0 Å². The van der Waals surface area contributed by atoms with Crippen molar-refractivity contribution in [2.45, 2.75) is 238 Å². The molecule has 0 aliphatic heterocycles. The second-order valence-electron chi connectivity index (χ2n) is 16.2. The highest BCUT2D eigenvalue weighted by Gasteiger charge is 2.24. The number of carbonyl (C=O) groups is 2. The first-order chi connectivity index (χ1) is 28.5. The predicted octanol–water partition coefficient (Wildman–Crippen LogP) is 14.2. The Balaban J connectivity index is 4.72. The lowest BCUT2D eigenvalue weighted by atomic mass is 10.0. The molecule has 0 aliphatic carbocycles. The molecule has 3 atom stereocenters. The third-order valence-electron chi connectivity index (χ3n) is 10.6. The lowest BCUT2D eigenvalue weighted by molar-refractivity contribution is -0.151. The van der Waals surface area contributed by atoms with E-state index in [0.717, 1.165) is 83.5 Å². The zero-order valence-corrected chi connectivity index (χ0v) is 37.9. The van der Waals surface area contributed by atoms with Crippen LogP contribution in [0, 0.1) is 0 Å². The van der Waals surface area contributed by atoms with Crippen molar-refractivity contribution in [1.29, 1.82) is 0 Å². The van der Waals surface area contributed by atoms with Gasteiger partial charge in [-0.25, -0.2) is 0 Å². The third-order valence-corrected chi connectivity index (χ3v) is 10.6. The number of nitrogens with one attached hydrogen (secondary N) is 1. The fraction of sp³-hybridized carbons (Fsp3) is 0.731. The summed E-state index contributed by atoms with van der Waals surface area (Å²) in [6, 6.07) is -0.722. The molecule has 6 nitrogen and oxygen atoms in total. The number of allylic oxidation sites excluding steroid dienone is 12. The topological polar surface area (TPSA) is 95.9 Å². The molecule has 0 spiro atoms. The van der Waals surface area contributed by atoms with Gasteiger partial charge in [-0.05, 0) is 64.2 Å². The number of hydrogen-bond donors (Lipinski definition) is 3. The Morgan fingerprint density at radius 3 is 1.47 bits per heavy atom. The van der Waals surface area contributed by atoms with Crippen LogP contribution >= 0.6 is 0 Å². The predicted molar refractivity (Wildman–Crippen MR) is 250 cm³/mol. The highest BCUT2D eigenvalue weighted by Crippen LogP contribution is 2.16. The van der Waals surface area contributed by atoms with E-state index in [1.165, 1.54) is 89.9 Å². The molecule has 3 unspecified atom stereocenters. The molecule has 1 amide bonds. The summed E-state index contributed by atoms with van der Waals surface area (Å²) < 4.78 is 5.88. The van der Waals surface area contributed by atoms with E-state index in [-0.39, 0.29) is 24.9 Å². The molecule has 58 heavy (non-hydrogen) atoms. The van der Waals surface area contributed by atoms with Gasteiger partial charge >= 0.3 is 5.97 Å². The van der Waals surface area contributed by atoms with Crippen molar-refractivity contribution in [3.05, 3.63) is 72.9 Å². The van der Waals surface area contributed by atoms with Crippen LogP contribution in [0.2, 0.25) is 0 Å². The maximum absolute atomic E-state index is 13.1. The van der Waals surface area contributed by atoms with Crippen molar-refractivity contribution in [2.75, 3.05) is 6.61 Å². The van der Waals surface area contributed by atoms with Crippen molar-refractivity contribution in [3.63, 3.8) is 0 Å². The smallest absolute Gasteiger partial charge is 0.306 e. The lowest BCUT2D eigenvalue weighted by Gasteiger charge is -2.24. The first-order valence-electron chi connectivity index (χ1n) is 24.2. The number of carbonyl (C=O) groups excluding carboxylic acids is 2. The van der Waals surface area contributed by atoms with Crippen LogP contribution in [0.5, 0.6) is 0 Å². The van der Waals surface area contributed by atoms with E-state index in [1.54, 1.807) is 0 Å². The Morgan fingerprint density at radius 1 is 0.517 bits per heavy atom. The lowest BCUT2D eigenvalue weighted by Crippen LogP contribution is -2.46. The molecule has 6 heteroatoms. The molecule has 0 aromatic carbocycles. The van der Waals surface area contributed by atoms with Crippen LogP contribution in [0.25, 0.3) is 0 Å². The molecule has 0 saturated carbocycles. The molecule has 0 rings (SSSR count). The summed E-state index contributed by atoms with van der Waals surface area (Å²) in [5.41, 5.74) is 0. The number of esters is 1. The number of aliphatic hydroxyl groups excluding tert-OH is 2. The molecule has 3 N–H and O–H groups in total. The minimum absolute atomic E-state index is 0.0319. The summed E-state index contributed by atoms with van der Waals surface area (Å²) >= 11 is 0. The Morgan fingerprint density at radius 2 is 0.948 bits per heavy atom. The van der Waals surface area contributed by atoms with E-state index < -0.39 is 18.2 Å². The van der Waals surface area contributed by atoms with Crippen LogP contribution < -0.4 is 5.32 Å². The average Bonchev–Trinajstić information content (AvgIpc) is 3.22. The van der Waals surface area contributed by atoms with E-state index in [9.17, 15) is 19.8 Å². The van der Waals surface area contributed by atoms with E-state index >= 15 is 0 Å². The fourth-order valence-electron chi connectivity index (χ4n) is 6.97. The van der Waals surface area contributed by atoms with Gasteiger partial charge in [0, 0.05) is 6.42 Å². The Kier molecular flexibility index (Phi) is 43.3. The van der Waals surface area contributed by atoms with Crippen molar-refractivity contribution in [1.82, 2.24) is 5.32 Å². The van der Waals surface area contributed by atoms with Crippen LogP contribution in [-0.2, 0) is 14.3 Å². The summed E-state index contributed by atoms with van der Waals surface area (Å²) in [4.78, 5) is 26.0.